The molecule has 0 fully saturated rings. The Labute approximate surface area is 226 Å². The van der Waals surface area contributed by atoms with Crippen LogP contribution in [0.2, 0.25) is 9.26 Å². The molecule has 4 heteroatoms. The molecule has 0 aromatic heterocycles. The number of hydrogen-bond acceptors (Lipinski definition) is 0. The molecule has 0 N–H and O–H groups in total. The second-order valence-corrected chi connectivity index (χ2v) is 41.0. The number of rotatable bonds is 3. The fraction of sp³-hybridized carbons (Fsp3) is 0.290. The van der Waals surface area contributed by atoms with Crippen molar-refractivity contribution in [3.8, 4) is 11.1 Å². The Hall–Kier alpha value is -1.18. The normalized spacial score (nSPS) is 19.9. The van der Waals surface area contributed by atoms with Gasteiger partial charge in [-0.15, -0.1) is 24.8 Å². The van der Waals surface area contributed by atoms with Crippen molar-refractivity contribution in [1.29, 1.82) is 0 Å². The van der Waals surface area contributed by atoms with Crippen LogP contribution in [-0.2, 0) is 17.4 Å². The van der Waals surface area contributed by atoms with Crippen LogP contribution in [0.4, 0.5) is 0 Å². The molecule has 0 bridgehead atoms. The van der Waals surface area contributed by atoms with E-state index in [9.17, 15) is 0 Å². The van der Waals surface area contributed by atoms with Crippen LogP contribution in [0.25, 0.3) is 28.0 Å². The fourth-order valence-electron chi connectivity index (χ4n) is 7.32. The van der Waals surface area contributed by atoms with Crippen molar-refractivity contribution in [2.45, 2.75) is 47.5 Å². The van der Waals surface area contributed by atoms with Crippen LogP contribution < -0.4 is 0 Å². The van der Waals surface area contributed by atoms with Crippen molar-refractivity contribution in [2.24, 2.45) is 5.92 Å². The van der Waals surface area contributed by atoms with Crippen LogP contribution in [0, 0.1) is 5.92 Å². The number of hydrogen-bond donors (Lipinski definition) is 0. The first-order chi connectivity index (χ1) is 15.5. The van der Waals surface area contributed by atoms with Gasteiger partial charge in [-0.3, -0.25) is 0 Å². The molecule has 3 aromatic rings. The Morgan fingerprint density at radius 1 is 0.743 bits per heavy atom. The molecule has 35 heavy (non-hydrogen) atoms. The minimum absolute atomic E-state index is 0. The van der Waals surface area contributed by atoms with E-state index in [-0.39, 0.29) is 24.8 Å². The Morgan fingerprint density at radius 3 is 2.00 bits per heavy atom. The molecule has 2 atom stereocenters. The average Bonchev–Trinajstić information content (AvgIpc) is 3.23. The predicted molar refractivity (Wildman–Crippen MR) is 161 cm³/mol. The van der Waals surface area contributed by atoms with Crippen molar-refractivity contribution in [3.05, 3.63) is 97.4 Å². The summed E-state index contributed by atoms with van der Waals surface area (Å²) in [6, 6.07) is 22.6. The average molecular weight is 601 g/mol. The van der Waals surface area contributed by atoms with E-state index in [1.807, 2.05) is 3.28 Å². The van der Waals surface area contributed by atoms with E-state index in [1.54, 1.807) is 22.3 Å². The maximum Gasteiger partial charge on any atom is -0.147 e. The van der Waals surface area contributed by atoms with E-state index in [0.717, 1.165) is 0 Å². The smallest absolute Gasteiger partial charge is 0.147 e. The van der Waals surface area contributed by atoms with E-state index >= 15 is 0 Å². The number of fused-ring (bicyclic) bond motifs is 2. The first-order valence-electron chi connectivity index (χ1n) is 12.3. The Kier molecular flexibility index (Phi) is 7.79. The number of halogens is 2. The Morgan fingerprint density at radius 2 is 1.34 bits per heavy atom. The molecule has 5 rings (SSSR count). The van der Waals surface area contributed by atoms with Crippen molar-refractivity contribution in [2.75, 3.05) is 0 Å². The third kappa shape index (κ3) is 4.23. The summed E-state index contributed by atoms with van der Waals surface area (Å²) < 4.78 is 7.82. The Balaban J connectivity index is 0.00000171. The summed E-state index contributed by atoms with van der Waals surface area (Å²) in [5, 5.41) is 2.66. The molecule has 0 aliphatic heterocycles. The topological polar surface area (TPSA) is 0 Å². The van der Waals surface area contributed by atoms with Gasteiger partial charge in [-0.2, -0.15) is 0 Å². The molecule has 0 spiro atoms. The van der Waals surface area contributed by atoms with Gasteiger partial charge in [-0.05, 0) is 0 Å². The summed E-state index contributed by atoms with van der Waals surface area (Å²) >= 11 is -3.37. The van der Waals surface area contributed by atoms with Gasteiger partial charge in [0, 0.05) is 0 Å². The summed E-state index contributed by atoms with van der Waals surface area (Å²) in [4.78, 5) is 0. The van der Waals surface area contributed by atoms with Gasteiger partial charge in [0.25, 0.3) is 0 Å². The summed E-state index contributed by atoms with van der Waals surface area (Å²) in [6.45, 7) is 14.4. The van der Waals surface area contributed by atoms with Crippen molar-refractivity contribution < 1.29 is 17.4 Å². The third-order valence-electron chi connectivity index (χ3n) is 8.81. The van der Waals surface area contributed by atoms with Gasteiger partial charge in [0.15, 0.2) is 0 Å². The number of benzene rings is 3. The molecular formula is C31H38Cl2SiZr. The van der Waals surface area contributed by atoms with Gasteiger partial charge in [-0.1, -0.05) is 0 Å². The van der Waals surface area contributed by atoms with Gasteiger partial charge in [0.05, 0.1) is 0 Å². The third-order valence-corrected chi connectivity index (χ3v) is 26.2. The molecule has 3 aromatic carbocycles. The van der Waals surface area contributed by atoms with Crippen molar-refractivity contribution in [3.63, 3.8) is 0 Å². The molecule has 0 saturated carbocycles. The summed E-state index contributed by atoms with van der Waals surface area (Å²) in [7, 11) is 0. The summed E-state index contributed by atoms with van der Waals surface area (Å²) in [5.74, 6) is 0.584. The SMILES string of the molecule is CC1=Cc2c(-c3cccc4ccccc34)cccc2[CH]1[Zr]([CH3])([CH3])(=[SiH2])[C]1=C(C)C(C)=C(C)C1C.Cl.Cl. The van der Waals surface area contributed by atoms with E-state index in [4.69, 9.17) is 0 Å². The second kappa shape index (κ2) is 9.60. The van der Waals surface area contributed by atoms with Gasteiger partial charge in [0.2, 0.25) is 0 Å². The minimum Gasteiger partial charge on any atom is -0.147 e. The maximum absolute atomic E-state index is 3.37. The van der Waals surface area contributed by atoms with Crippen LogP contribution in [0.5, 0.6) is 0 Å². The van der Waals surface area contributed by atoms with Crippen molar-refractivity contribution in [1.82, 2.24) is 0 Å². The largest absolute Gasteiger partial charge is 0.147 e. The van der Waals surface area contributed by atoms with Crippen LogP contribution >= 0.6 is 24.8 Å². The fourth-order valence-corrected chi connectivity index (χ4v) is 29.1. The molecule has 2 aliphatic rings. The minimum atomic E-state index is -3.37. The van der Waals surface area contributed by atoms with Crippen LogP contribution in [0.15, 0.2) is 86.2 Å². The first-order valence-corrected chi connectivity index (χ1v) is 25.8. The predicted octanol–water partition coefficient (Wildman–Crippen LogP) is 9.40. The van der Waals surface area contributed by atoms with Gasteiger partial charge >= 0.3 is 203 Å². The van der Waals surface area contributed by atoms with Crippen LogP contribution in [0.3, 0.4) is 0 Å². The monoisotopic (exact) mass is 598 g/mol. The molecule has 184 valence electrons. The molecule has 2 aliphatic carbocycles. The van der Waals surface area contributed by atoms with Crippen LogP contribution in [-0.4, -0.2) is 6.88 Å². The molecule has 0 heterocycles. The quantitative estimate of drug-likeness (QED) is 0.263. The zero-order valence-corrected chi connectivity index (χ0v) is 27.5. The summed E-state index contributed by atoms with van der Waals surface area (Å²) in [6.07, 6.45) is 2.52. The maximum atomic E-state index is 2.71. The first kappa shape index (κ1) is 28.4. The van der Waals surface area contributed by atoms with Gasteiger partial charge in [0.1, 0.15) is 0 Å². The standard InChI is InChI=1S/C20H15.C9H13.2CH3.2ClH.H2Si.Zr/c1-14-12-16-8-5-11-19(20(16)13-14)18-10-4-7-15-6-2-3-9-17(15)18;1-6-5-7(2)9(4)8(6)3;;;;;;/h2-13H,1H3;6H,1-4H3;2*1H3;2*1H;1H2;. The van der Waals surface area contributed by atoms with E-state index in [1.165, 1.54) is 33.0 Å². The van der Waals surface area contributed by atoms with Crippen molar-refractivity contribution >= 4 is 48.5 Å². The zero-order chi connectivity index (χ0) is 23.7. The molecule has 0 saturated heterocycles. The van der Waals surface area contributed by atoms with E-state index < -0.39 is 17.4 Å². The van der Waals surface area contributed by atoms with Gasteiger partial charge in [-0.25, -0.2) is 0 Å². The second-order valence-electron chi connectivity index (χ2n) is 11.5. The molecule has 0 radical (unpaired) electrons. The van der Waals surface area contributed by atoms with Gasteiger partial charge < -0.3 is 0 Å². The zero-order valence-electron chi connectivity index (χ0n) is 22.0. The number of allylic oxidation sites excluding steroid dienone is 5. The summed E-state index contributed by atoms with van der Waals surface area (Å²) in [5.41, 5.74) is 12.1. The van der Waals surface area contributed by atoms with Crippen LogP contribution in [0.1, 0.15) is 49.4 Å². The molecule has 0 nitrogen and oxygen atoms in total. The Bertz CT molecular complexity index is 1490. The molecule has 2 unspecified atom stereocenters. The molecule has 0 amide bonds. The van der Waals surface area contributed by atoms with E-state index in [0.29, 0.717) is 9.54 Å². The molecular weight excluding hydrogens is 563 g/mol. The van der Waals surface area contributed by atoms with E-state index in [2.05, 4.69) is 118 Å².